The predicted molar refractivity (Wildman–Crippen MR) is 90.7 cm³/mol. The van der Waals surface area contributed by atoms with Crippen molar-refractivity contribution in [2.75, 3.05) is 12.3 Å². The van der Waals surface area contributed by atoms with Crippen LogP contribution in [0.4, 0.5) is 22.0 Å². The lowest BCUT2D eigenvalue weighted by Gasteiger charge is -2.22. The van der Waals surface area contributed by atoms with E-state index < -0.39 is 42.3 Å². The van der Waals surface area contributed by atoms with E-state index in [-0.39, 0.29) is 0 Å². The van der Waals surface area contributed by atoms with E-state index in [0.29, 0.717) is 24.7 Å². The molecule has 0 fully saturated rings. The minimum atomic E-state index is -2.07. The summed E-state index contributed by atoms with van der Waals surface area (Å²) >= 11 is 0. The van der Waals surface area contributed by atoms with E-state index in [2.05, 4.69) is 13.8 Å². The standard InChI is InChI=1S/C18H26F5P/c1-4-7-8-12(6-3)9-11-24(10-5-2)18-16(22)14(20)13(19)15(21)17(18)23/h12H,4-11H2,1-3H3. The minimum Gasteiger partial charge on any atom is -0.203 e. The monoisotopic (exact) mass is 368 g/mol. The Morgan fingerprint density at radius 2 is 1.25 bits per heavy atom. The zero-order chi connectivity index (χ0) is 18.3. The lowest BCUT2D eigenvalue weighted by Crippen LogP contribution is -2.22. The van der Waals surface area contributed by atoms with Gasteiger partial charge in [0.25, 0.3) is 0 Å². The molecule has 0 spiro atoms. The molecule has 1 aromatic rings. The van der Waals surface area contributed by atoms with Gasteiger partial charge in [-0.1, -0.05) is 60.8 Å². The van der Waals surface area contributed by atoms with Crippen LogP contribution in [0.1, 0.15) is 59.3 Å². The third-order valence-corrected chi connectivity index (χ3v) is 7.16. The number of hydrogen-bond donors (Lipinski definition) is 0. The highest BCUT2D eigenvalue weighted by molar-refractivity contribution is 7.65. The highest BCUT2D eigenvalue weighted by atomic mass is 31.1. The Labute approximate surface area is 142 Å². The molecule has 24 heavy (non-hydrogen) atoms. The fourth-order valence-electron chi connectivity index (χ4n) is 2.86. The van der Waals surface area contributed by atoms with Crippen LogP contribution in [0, 0.1) is 35.0 Å². The van der Waals surface area contributed by atoms with Gasteiger partial charge in [-0.2, -0.15) is 0 Å². The number of hydrogen-bond acceptors (Lipinski definition) is 0. The molecule has 0 aromatic heterocycles. The van der Waals surface area contributed by atoms with Crippen LogP contribution in [0.5, 0.6) is 0 Å². The number of rotatable bonds is 10. The van der Waals surface area contributed by atoms with Gasteiger partial charge in [-0.3, -0.25) is 0 Å². The normalized spacial score (nSPS) is 14.0. The molecule has 1 aromatic carbocycles. The van der Waals surface area contributed by atoms with Gasteiger partial charge in [0.2, 0.25) is 5.82 Å². The summed E-state index contributed by atoms with van der Waals surface area (Å²) in [5.41, 5.74) is 0. The fourth-order valence-corrected chi connectivity index (χ4v) is 5.50. The van der Waals surface area contributed by atoms with E-state index in [1.165, 1.54) is 0 Å². The molecule has 6 heteroatoms. The largest absolute Gasteiger partial charge is 0.203 e. The Bertz CT molecular complexity index is 504. The van der Waals surface area contributed by atoms with Gasteiger partial charge < -0.3 is 0 Å². The van der Waals surface area contributed by atoms with Crippen molar-refractivity contribution in [1.29, 1.82) is 0 Å². The number of halogens is 5. The molecule has 138 valence electrons. The van der Waals surface area contributed by atoms with Crippen molar-refractivity contribution in [3.05, 3.63) is 29.1 Å². The van der Waals surface area contributed by atoms with E-state index in [0.717, 1.165) is 32.1 Å². The average molecular weight is 368 g/mol. The van der Waals surface area contributed by atoms with Crippen LogP contribution in [0.2, 0.25) is 0 Å². The van der Waals surface area contributed by atoms with Gasteiger partial charge in [-0.05, 0) is 24.7 Å². The third-order valence-electron chi connectivity index (χ3n) is 4.35. The molecule has 0 aliphatic rings. The minimum absolute atomic E-state index is 0.438. The Kier molecular flexibility index (Phi) is 9.18. The Hall–Kier alpha value is -0.700. The van der Waals surface area contributed by atoms with Crippen LogP contribution in [0.25, 0.3) is 0 Å². The lowest BCUT2D eigenvalue weighted by molar-refractivity contribution is 0.384. The van der Waals surface area contributed by atoms with Crippen molar-refractivity contribution < 1.29 is 22.0 Å². The van der Waals surface area contributed by atoms with Crippen molar-refractivity contribution in [3.63, 3.8) is 0 Å². The summed E-state index contributed by atoms with van der Waals surface area (Å²) in [5.74, 6) is -8.58. The Morgan fingerprint density at radius 3 is 1.71 bits per heavy atom. The van der Waals surface area contributed by atoms with Gasteiger partial charge in [0.15, 0.2) is 23.3 Å². The summed E-state index contributed by atoms with van der Waals surface area (Å²) in [5, 5.41) is -0.575. The van der Waals surface area contributed by atoms with Gasteiger partial charge in [-0.15, -0.1) is 0 Å². The molecular formula is C18H26F5P. The molecule has 0 N–H and O–H groups in total. The zero-order valence-corrected chi connectivity index (χ0v) is 15.5. The zero-order valence-electron chi connectivity index (χ0n) is 14.6. The van der Waals surface area contributed by atoms with Crippen molar-refractivity contribution in [2.45, 2.75) is 59.3 Å². The summed E-state index contributed by atoms with van der Waals surface area (Å²) in [6, 6.07) is 0. The molecular weight excluding hydrogens is 342 g/mol. The van der Waals surface area contributed by atoms with Gasteiger partial charge in [-0.25, -0.2) is 22.0 Å². The van der Waals surface area contributed by atoms with Crippen LogP contribution >= 0.6 is 7.92 Å². The van der Waals surface area contributed by atoms with Crippen molar-refractivity contribution in [2.24, 2.45) is 5.92 Å². The molecule has 0 aliphatic heterocycles. The van der Waals surface area contributed by atoms with E-state index in [4.69, 9.17) is 0 Å². The molecule has 0 saturated heterocycles. The molecule has 0 heterocycles. The first-order chi connectivity index (χ1) is 11.4. The van der Waals surface area contributed by atoms with Gasteiger partial charge in [0.05, 0.1) is 5.30 Å². The second-order valence-electron chi connectivity index (χ2n) is 6.11. The second kappa shape index (κ2) is 10.3. The maximum Gasteiger partial charge on any atom is 0.200 e. The topological polar surface area (TPSA) is 0 Å². The van der Waals surface area contributed by atoms with E-state index in [1.54, 1.807) is 0 Å². The average Bonchev–Trinajstić information content (AvgIpc) is 2.58. The Morgan fingerprint density at radius 1 is 0.708 bits per heavy atom. The molecule has 1 rings (SSSR count). The predicted octanol–water partition coefficient (Wildman–Crippen LogP) is 6.51. The SMILES string of the molecule is CCCCC(CC)CCP(CCC)c1c(F)c(F)c(F)c(F)c1F. The molecule has 2 atom stereocenters. The molecule has 0 amide bonds. The highest BCUT2D eigenvalue weighted by Crippen LogP contribution is 2.41. The van der Waals surface area contributed by atoms with Crippen molar-refractivity contribution in [3.8, 4) is 0 Å². The molecule has 0 saturated carbocycles. The first-order valence-corrected chi connectivity index (χ1v) is 10.4. The van der Waals surface area contributed by atoms with E-state index in [9.17, 15) is 22.0 Å². The number of benzene rings is 1. The summed E-state index contributed by atoms with van der Waals surface area (Å²) in [7, 11) is -1.39. The van der Waals surface area contributed by atoms with Crippen LogP contribution in [-0.4, -0.2) is 12.3 Å². The third kappa shape index (κ3) is 5.15. The van der Waals surface area contributed by atoms with Gasteiger partial charge in [0, 0.05) is 0 Å². The van der Waals surface area contributed by atoms with Crippen molar-refractivity contribution >= 4 is 13.2 Å². The second-order valence-corrected chi connectivity index (χ2v) is 8.53. The Balaban J connectivity index is 3.04. The number of unbranched alkanes of at least 4 members (excludes halogenated alkanes) is 1. The first kappa shape index (κ1) is 21.3. The fraction of sp³-hybridized carbons (Fsp3) is 0.667. The maximum absolute atomic E-state index is 14.1. The van der Waals surface area contributed by atoms with Crippen LogP contribution in [-0.2, 0) is 0 Å². The summed E-state index contributed by atoms with van der Waals surface area (Å²) in [6.45, 7) is 6.03. The van der Waals surface area contributed by atoms with Crippen LogP contribution in [0.3, 0.4) is 0 Å². The van der Waals surface area contributed by atoms with Gasteiger partial charge in [0.1, 0.15) is 0 Å². The van der Waals surface area contributed by atoms with E-state index in [1.807, 2.05) is 6.92 Å². The van der Waals surface area contributed by atoms with Crippen molar-refractivity contribution in [1.82, 2.24) is 0 Å². The summed E-state index contributed by atoms with van der Waals surface area (Å²) < 4.78 is 68.4. The molecule has 0 nitrogen and oxygen atoms in total. The highest BCUT2D eigenvalue weighted by Gasteiger charge is 2.30. The molecule has 0 bridgehead atoms. The quantitative estimate of drug-likeness (QED) is 0.191. The van der Waals surface area contributed by atoms with Crippen LogP contribution < -0.4 is 5.30 Å². The molecule has 0 radical (unpaired) electrons. The molecule has 2 unspecified atom stereocenters. The summed E-state index contributed by atoms with van der Waals surface area (Å²) in [6.07, 6.45) is 6.57. The van der Waals surface area contributed by atoms with Gasteiger partial charge >= 0.3 is 0 Å². The first-order valence-electron chi connectivity index (χ1n) is 8.65. The maximum atomic E-state index is 14.1. The van der Waals surface area contributed by atoms with Crippen LogP contribution in [0.15, 0.2) is 0 Å². The molecule has 0 aliphatic carbocycles. The smallest absolute Gasteiger partial charge is 0.200 e. The summed E-state index contributed by atoms with van der Waals surface area (Å²) in [4.78, 5) is 0. The van der Waals surface area contributed by atoms with E-state index >= 15 is 0 Å². The lowest BCUT2D eigenvalue weighted by atomic mass is 9.97.